The molecular weight excluding hydrogens is 328 g/mol. The van der Waals surface area contributed by atoms with Crippen LogP contribution in [0.1, 0.15) is 78.2 Å². The first-order valence-electron chi connectivity index (χ1n) is 9.63. The molecule has 2 aromatic heterocycles. The molecule has 2 aliphatic rings. The summed E-state index contributed by atoms with van der Waals surface area (Å²) in [5.74, 6) is 1.24. The maximum absolute atomic E-state index is 12.7. The Morgan fingerprint density at radius 1 is 1.08 bits per heavy atom. The minimum Gasteiger partial charge on any atom is -0.337 e. The lowest BCUT2D eigenvalue weighted by Gasteiger charge is -2.31. The fourth-order valence-electron chi connectivity index (χ4n) is 4.20. The van der Waals surface area contributed by atoms with Gasteiger partial charge in [0.05, 0.1) is 11.7 Å². The third-order valence-electron chi connectivity index (χ3n) is 5.61. The molecule has 26 heavy (non-hydrogen) atoms. The van der Waals surface area contributed by atoms with Gasteiger partial charge in [0.25, 0.3) is 5.91 Å². The zero-order valence-electron chi connectivity index (χ0n) is 15.6. The van der Waals surface area contributed by atoms with E-state index < -0.39 is 0 Å². The summed E-state index contributed by atoms with van der Waals surface area (Å²) in [6.07, 6.45) is 9.03. The van der Waals surface area contributed by atoms with Crippen molar-refractivity contribution in [2.24, 2.45) is 0 Å². The van der Waals surface area contributed by atoms with E-state index in [9.17, 15) is 4.79 Å². The van der Waals surface area contributed by atoms with Crippen molar-refractivity contribution in [3.05, 3.63) is 35.2 Å². The van der Waals surface area contributed by atoms with Crippen molar-refractivity contribution in [2.75, 3.05) is 13.1 Å². The average Bonchev–Trinajstić information content (AvgIpc) is 3.32. The van der Waals surface area contributed by atoms with Gasteiger partial charge in [-0.15, -0.1) is 5.10 Å². The normalized spacial score (nSPS) is 19.2. The number of rotatable bonds is 3. The third-order valence-corrected chi connectivity index (χ3v) is 5.61. The Labute approximate surface area is 153 Å². The van der Waals surface area contributed by atoms with E-state index in [-0.39, 0.29) is 5.91 Å². The van der Waals surface area contributed by atoms with Gasteiger partial charge in [-0.1, -0.05) is 18.1 Å². The maximum atomic E-state index is 12.7. The van der Waals surface area contributed by atoms with Crippen molar-refractivity contribution >= 4 is 5.91 Å². The van der Waals surface area contributed by atoms with Gasteiger partial charge in [-0.05, 0) is 45.6 Å². The number of nitrogens with zero attached hydrogens (tertiary/aromatic N) is 6. The fourth-order valence-corrected chi connectivity index (χ4v) is 4.20. The summed E-state index contributed by atoms with van der Waals surface area (Å²) < 4.78 is 2.02. The molecule has 4 rings (SSSR count). The van der Waals surface area contributed by atoms with Crippen molar-refractivity contribution in [1.29, 1.82) is 0 Å². The van der Waals surface area contributed by atoms with Crippen LogP contribution in [0.25, 0.3) is 0 Å². The molecule has 1 saturated heterocycles. The van der Waals surface area contributed by atoms with Gasteiger partial charge in [0.2, 0.25) is 0 Å². The molecule has 0 atom stereocenters. The highest BCUT2D eigenvalue weighted by atomic mass is 16.2. The third kappa shape index (κ3) is 3.48. The number of likely N-dealkylation sites (tertiary alicyclic amines) is 1. The molecule has 138 valence electrons. The van der Waals surface area contributed by atoms with Crippen molar-refractivity contribution < 1.29 is 4.79 Å². The maximum Gasteiger partial charge on any atom is 0.272 e. The van der Waals surface area contributed by atoms with Gasteiger partial charge in [-0.25, -0.2) is 14.6 Å². The number of hydrogen-bond acceptors (Lipinski definition) is 5. The summed E-state index contributed by atoms with van der Waals surface area (Å²) in [5.41, 5.74) is 2.48. The molecule has 0 N–H and O–H groups in total. The summed E-state index contributed by atoms with van der Waals surface area (Å²) in [7, 11) is 0. The van der Waals surface area contributed by atoms with Gasteiger partial charge < -0.3 is 4.90 Å². The van der Waals surface area contributed by atoms with E-state index in [1.54, 1.807) is 6.07 Å². The predicted octanol–water partition coefficient (Wildman–Crippen LogP) is 2.82. The number of aromatic nitrogens is 5. The van der Waals surface area contributed by atoms with Crippen molar-refractivity contribution in [2.45, 2.75) is 64.3 Å². The Kier molecular flexibility index (Phi) is 4.70. The quantitative estimate of drug-likeness (QED) is 0.847. The number of aryl methyl sites for hydroxylation is 2. The molecule has 1 aliphatic heterocycles. The highest BCUT2D eigenvalue weighted by molar-refractivity contribution is 5.92. The van der Waals surface area contributed by atoms with Crippen LogP contribution in [0.15, 0.2) is 12.3 Å². The topological polar surface area (TPSA) is 76.8 Å². The van der Waals surface area contributed by atoms with Gasteiger partial charge in [0, 0.05) is 30.9 Å². The van der Waals surface area contributed by atoms with E-state index in [0.29, 0.717) is 23.5 Å². The largest absolute Gasteiger partial charge is 0.337 e. The lowest BCUT2D eigenvalue weighted by atomic mass is 10.0. The van der Waals surface area contributed by atoms with Crippen molar-refractivity contribution in [3.63, 3.8) is 0 Å². The molecule has 0 bridgehead atoms. The second kappa shape index (κ2) is 7.13. The molecule has 2 aromatic rings. The van der Waals surface area contributed by atoms with Crippen LogP contribution in [-0.2, 0) is 0 Å². The number of carbonyl (C=O) groups is 1. The Balaban J connectivity index is 1.38. The van der Waals surface area contributed by atoms with Crippen LogP contribution in [0.4, 0.5) is 0 Å². The first-order valence-corrected chi connectivity index (χ1v) is 9.63. The Morgan fingerprint density at radius 3 is 2.50 bits per heavy atom. The van der Waals surface area contributed by atoms with Crippen LogP contribution in [-0.4, -0.2) is 48.9 Å². The van der Waals surface area contributed by atoms with E-state index in [1.165, 1.54) is 25.7 Å². The zero-order valence-corrected chi connectivity index (χ0v) is 15.6. The molecule has 7 nitrogen and oxygen atoms in total. The molecule has 3 heterocycles. The van der Waals surface area contributed by atoms with E-state index in [0.717, 1.165) is 37.3 Å². The second-order valence-electron chi connectivity index (χ2n) is 7.57. The summed E-state index contributed by atoms with van der Waals surface area (Å²) >= 11 is 0. The van der Waals surface area contributed by atoms with E-state index >= 15 is 0 Å². The van der Waals surface area contributed by atoms with E-state index in [4.69, 9.17) is 0 Å². The molecule has 0 aromatic carbocycles. The Hall–Kier alpha value is -2.31. The lowest BCUT2D eigenvalue weighted by Crippen LogP contribution is -2.39. The lowest BCUT2D eigenvalue weighted by molar-refractivity contribution is 0.0682. The number of carbonyl (C=O) groups excluding carboxylic acids is 1. The van der Waals surface area contributed by atoms with Crippen molar-refractivity contribution in [1.82, 2.24) is 29.9 Å². The minimum atomic E-state index is 0.00212. The second-order valence-corrected chi connectivity index (χ2v) is 7.57. The Bertz CT molecular complexity index is 767. The molecule has 0 radical (unpaired) electrons. The predicted molar refractivity (Wildman–Crippen MR) is 96.9 cm³/mol. The summed E-state index contributed by atoms with van der Waals surface area (Å²) in [6, 6.07) is 2.10. The van der Waals surface area contributed by atoms with Gasteiger partial charge >= 0.3 is 0 Å². The molecular formula is C19H26N6O. The van der Waals surface area contributed by atoms with Gasteiger partial charge in [0.1, 0.15) is 11.5 Å². The molecule has 1 saturated carbocycles. The number of hydrogen-bond donors (Lipinski definition) is 0. The van der Waals surface area contributed by atoms with Crippen LogP contribution in [0, 0.1) is 13.8 Å². The van der Waals surface area contributed by atoms with Crippen LogP contribution in [0.2, 0.25) is 0 Å². The molecule has 1 aliphatic carbocycles. The van der Waals surface area contributed by atoms with Crippen LogP contribution >= 0.6 is 0 Å². The zero-order chi connectivity index (χ0) is 18.1. The highest BCUT2D eigenvalue weighted by Gasteiger charge is 2.27. The summed E-state index contributed by atoms with van der Waals surface area (Å²) in [6.45, 7) is 5.17. The summed E-state index contributed by atoms with van der Waals surface area (Å²) in [4.78, 5) is 23.2. The molecule has 7 heteroatoms. The first kappa shape index (κ1) is 17.1. The van der Waals surface area contributed by atoms with Gasteiger partial charge in [-0.2, -0.15) is 0 Å². The summed E-state index contributed by atoms with van der Waals surface area (Å²) in [5, 5.41) is 8.79. The molecule has 2 fully saturated rings. The SMILES string of the molecule is Cc1cc(C(=O)N2CCC(n3cc(C4CCCC4)nn3)CC2)nc(C)n1. The molecule has 0 unspecified atom stereocenters. The fraction of sp³-hybridized carbons (Fsp3) is 0.632. The van der Waals surface area contributed by atoms with Crippen LogP contribution in [0.5, 0.6) is 0 Å². The number of piperidine rings is 1. The minimum absolute atomic E-state index is 0.00212. The van der Waals surface area contributed by atoms with Gasteiger partial charge in [-0.3, -0.25) is 4.79 Å². The van der Waals surface area contributed by atoms with E-state index in [2.05, 4.69) is 26.5 Å². The van der Waals surface area contributed by atoms with Crippen LogP contribution < -0.4 is 0 Å². The average molecular weight is 354 g/mol. The van der Waals surface area contributed by atoms with E-state index in [1.807, 2.05) is 23.4 Å². The molecule has 1 amide bonds. The standard InChI is InChI=1S/C19H26N6O/c1-13-11-17(21-14(2)20-13)19(26)24-9-7-16(8-10-24)25-12-18(22-23-25)15-5-3-4-6-15/h11-12,15-16H,3-10H2,1-2H3. The van der Waals surface area contributed by atoms with Crippen molar-refractivity contribution in [3.8, 4) is 0 Å². The molecule has 0 spiro atoms. The highest BCUT2D eigenvalue weighted by Crippen LogP contribution is 2.33. The van der Waals surface area contributed by atoms with Gasteiger partial charge in [0.15, 0.2) is 0 Å². The number of amides is 1. The van der Waals surface area contributed by atoms with Crippen LogP contribution in [0.3, 0.4) is 0 Å². The first-order chi connectivity index (χ1) is 12.6. The monoisotopic (exact) mass is 354 g/mol. The Morgan fingerprint density at radius 2 is 1.81 bits per heavy atom. The smallest absolute Gasteiger partial charge is 0.272 e.